The highest BCUT2D eigenvalue weighted by Gasteiger charge is 2.21. The van der Waals surface area contributed by atoms with Crippen molar-refractivity contribution in [2.24, 2.45) is 5.10 Å². The Bertz CT molecular complexity index is 602. The molecule has 0 bridgehead atoms. The second-order valence-corrected chi connectivity index (χ2v) is 3.82. The summed E-state index contributed by atoms with van der Waals surface area (Å²) in [6, 6.07) is 9.48. The van der Waals surface area contributed by atoms with E-state index >= 15 is 0 Å². The summed E-state index contributed by atoms with van der Waals surface area (Å²) in [6.07, 6.45) is 1.61. The van der Waals surface area contributed by atoms with Crippen LogP contribution in [0.15, 0.2) is 35.4 Å². The number of nitrogens with zero attached hydrogens (tertiary/aromatic N) is 4. The van der Waals surface area contributed by atoms with Crippen LogP contribution in [0.2, 0.25) is 0 Å². The van der Waals surface area contributed by atoms with Crippen molar-refractivity contribution >= 4 is 11.9 Å². The zero-order valence-corrected chi connectivity index (χ0v) is 10.1. The third-order valence-corrected chi connectivity index (χ3v) is 2.53. The van der Waals surface area contributed by atoms with Crippen molar-refractivity contribution < 1.29 is 4.92 Å². The summed E-state index contributed by atoms with van der Waals surface area (Å²) in [4.78, 5) is 11.7. The van der Waals surface area contributed by atoms with Crippen molar-refractivity contribution in [3.05, 3.63) is 57.4 Å². The molecule has 0 saturated carbocycles. The lowest BCUT2D eigenvalue weighted by Gasteiger charge is -1.94. The van der Waals surface area contributed by atoms with E-state index in [0.29, 0.717) is 11.4 Å². The van der Waals surface area contributed by atoms with E-state index in [9.17, 15) is 10.1 Å². The van der Waals surface area contributed by atoms with E-state index in [1.807, 2.05) is 30.3 Å². The first kappa shape index (κ1) is 12.0. The molecule has 92 valence electrons. The molecular formula is C12H12N4O2. The van der Waals surface area contributed by atoms with E-state index in [4.69, 9.17) is 0 Å². The maximum absolute atomic E-state index is 10.8. The fraction of sp³-hybridized carbons (Fsp3) is 0.167. The number of aromatic nitrogens is 2. The average molecular weight is 244 g/mol. The van der Waals surface area contributed by atoms with Crippen LogP contribution in [0, 0.1) is 24.0 Å². The Morgan fingerprint density at radius 2 is 2.00 bits per heavy atom. The minimum atomic E-state index is -0.438. The lowest BCUT2D eigenvalue weighted by molar-refractivity contribution is -0.386. The number of hydrogen-bond donors (Lipinski definition) is 0. The summed E-state index contributed by atoms with van der Waals surface area (Å²) >= 11 is 0. The number of hydrogen-bond acceptors (Lipinski definition) is 4. The first-order chi connectivity index (χ1) is 8.59. The monoisotopic (exact) mass is 244 g/mol. The largest absolute Gasteiger partial charge is 0.315 e. The lowest BCUT2D eigenvalue weighted by atomic mass is 10.2. The molecule has 0 aliphatic rings. The molecule has 6 nitrogen and oxygen atoms in total. The van der Waals surface area contributed by atoms with E-state index < -0.39 is 4.92 Å². The molecule has 0 aliphatic carbocycles. The summed E-state index contributed by atoms with van der Waals surface area (Å²) in [5, 5.41) is 19.0. The molecule has 0 spiro atoms. The van der Waals surface area contributed by atoms with Crippen LogP contribution >= 0.6 is 0 Å². The second-order valence-electron chi connectivity index (χ2n) is 3.82. The highest BCUT2D eigenvalue weighted by atomic mass is 16.6. The molecule has 1 heterocycles. The number of rotatable bonds is 3. The van der Waals surface area contributed by atoms with Gasteiger partial charge in [0.25, 0.3) is 0 Å². The summed E-state index contributed by atoms with van der Waals surface area (Å²) in [5.74, 6) is 0. The first-order valence-corrected chi connectivity index (χ1v) is 5.39. The van der Waals surface area contributed by atoms with Gasteiger partial charge in [-0.2, -0.15) is 5.10 Å². The highest BCUT2D eigenvalue weighted by Crippen LogP contribution is 2.21. The van der Waals surface area contributed by atoms with E-state index in [2.05, 4.69) is 10.2 Å². The van der Waals surface area contributed by atoms with E-state index in [1.54, 1.807) is 20.1 Å². The van der Waals surface area contributed by atoms with E-state index in [1.165, 1.54) is 4.79 Å². The average Bonchev–Trinajstić information content (AvgIpc) is 2.63. The van der Waals surface area contributed by atoms with Gasteiger partial charge in [0.2, 0.25) is 0 Å². The van der Waals surface area contributed by atoms with Gasteiger partial charge in [-0.25, -0.2) is 0 Å². The van der Waals surface area contributed by atoms with Gasteiger partial charge in [-0.15, -0.1) is 9.89 Å². The Kier molecular flexibility index (Phi) is 3.18. The Labute approximate surface area is 104 Å². The lowest BCUT2D eigenvalue weighted by Crippen LogP contribution is -1.96. The van der Waals surface area contributed by atoms with Crippen molar-refractivity contribution in [1.29, 1.82) is 0 Å². The number of benzene rings is 1. The van der Waals surface area contributed by atoms with Gasteiger partial charge in [0.05, 0.1) is 11.1 Å². The van der Waals surface area contributed by atoms with Crippen LogP contribution in [0.5, 0.6) is 0 Å². The molecule has 0 saturated heterocycles. The van der Waals surface area contributed by atoms with Crippen molar-refractivity contribution in [2.45, 2.75) is 13.8 Å². The van der Waals surface area contributed by atoms with Gasteiger partial charge in [0, 0.05) is 0 Å². The summed E-state index contributed by atoms with van der Waals surface area (Å²) in [6.45, 7) is 3.22. The van der Waals surface area contributed by atoms with Gasteiger partial charge in [-0.3, -0.25) is 10.1 Å². The maximum atomic E-state index is 10.8. The minimum Gasteiger partial charge on any atom is -0.258 e. The Morgan fingerprint density at radius 1 is 1.33 bits per heavy atom. The first-order valence-electron chi connectivity index (χ1n) is 5.39. The van der Waals surface area contributed by atoms with Gasteiger partial charge in [0.1, 0.15) is 11.4 Å². The molecule has 1 aromatic heterocycles. The Hall–Kier alpha value is -2.50. The topological polar surface area (TPSA) is 73.3 Å². The number of aryl methyl sites for hydroxylation is 1. The Balaban J connectivity index is 2.34. The zero-order valence-electron chi connectivity index (χ0n) is 10.1. The molecule has 2 aromatic rings. The molecule has 2 rings (SSSR count). The molecule has 0 unspecified atom stereocenters. The van der Waals surface area contributed by atoms with Crippen LogP contribution in [0.4, 0.5) is 5.69 Å². The molecule has 0 N–H and O–H groups in total. The van der Waals surface area contributed by atoms with Crippen molar-refractivity contribution in [3.8, 4) is 0 Å². The van der Waals surface area contributed by atoms with Gasteiger partial charge >= 0.3 is 5.69 Å². The molecular weight excluding hydrogens is 232 g/mol. The van der Waals surface area contributed by atoms with Crippen LogP contribution in [-0.4, -0.2) is 21.0 Å². The summed E-state index contributed by atoms with van der Waals surface area (Å²) in [7, 11) is 0. The summed E-state index contributed by atoms with van der Waals surface area (Å²) < 4.78 is 0. The molecule has 0 atom stereocenters. The highest BCUT2D eigenvalue weighted by molar-refractivity contribution is 5.79. The third-order valence-electron chi connectivity index (χ3n) is 2.53. The van der Waals surface area contributed by atoms with E-state index in [-0.39, 0.29) is 5.69 Å². The molecule has 0 amide bonds. The predicted octanol–water partition coefficient (Wildman–Crippen LogP) is 2.29. The second kappa shape index (κ2) is 4.79. The van der Waals surface area contributed by atoms with Crippen LogP contribution in [0.1, 0.15) is 17.0 Å². The quantitative estimate of drug-likeness (QED) is 0.472. The maximum Gasteiger partial charge on any atom is 0.315 e. The van der Waals surface area contributed by atoms with Crippen molar-refractivity contribution in [2.75, 3.05) is 0 Å². The van der Waals surface area contributed by atoms with Crippen molar-refractivity contribution in [1.82, 2.24) is 9.89 Å². The molecule has 1 aromatic carbocycles. The Morgan fingerprint density at radius 3 is 2.56 bits per heavy atom. The molecule has 0 aliphatic heterocycles. The van der Waals surface area contributed by atoms with Gasteiger partial charge < -0.3 is 0 Å². The fourth-order valence-electron chi connectivity index (χ4n) is 1.66. The fourth-order valence-corrected chi connectivity index (χ4v) is 1.66. The smallest absolute Gasteiger partial charge is 0.258 e. The van der Waals surface area contributed by atoms with Crippen molar-refractivity contribution in [3.63, 3.8) is 0 Å². The van der Waals surface area contributed by atoms with Crippen LogP contribution in [0.25, 0.3) is 0 Å². The molecule has 0 radical (unpaired) electrons. The number of nitro groups is 1. The normalized spacial score (nSPS) is 11.0. The van der Waals surface area contributed by atoms with E-state index in [0.717, 1.165) is 5.56 Å². The van der Waals surface area contributed by atoms with Crippen LogP contribution in [-0.2, 0) is 0 Å². The minimum absolute atomic E-state index is 0.0141. The summed E-state index contributed by atoms with van der Waals surface area (Å²) in [5.41, 5.74) is 1.71. The predicted molar refractivity (Wildman–Crippen MR) is 67.8 cm³/mol. The van der Waals surface area contributed by atoms with Gasteiger partial charge in [0.15, 0.2) is 0 Å². The van der Waals surface area contributed by atoms with Gasteiger partial charge in [-0.1, -0.05) is 30.3 Å². The zero-order chi connectivity index (χ0) is 13.1. The van der Waals surface area contributed by atoms with Crippen LogP contribution in [0.3, 0.4) is 0 Å². The third kappa shape index (κ3) is 2.27. The molecule has 18 heavy (non-hydrogen) atoms. The standard InChI is InChI=1S/C12H12N4O2/c1-9-12(16(17)18)10(2)15(14-9)13-8-11-6-4-3-5-7-11/h3-8H,1-2H3. The van der Waals surface area contributed by atoms with Crippen LogP contribution < -0.4 is 0 Å². The SMILES string of the molecule is Cc1nn(N=Cc2ccccc2)c(C)c1[N+](=O)[O-]. The molecule has 6 heteroatoms. The molecule has 0 fully saturated rings. The van der Waals surface area contributed by atoms with Gasteiger partial charge in [-0.05, 0) is 19.4 Å².